The first-order chi connectivity index (χ1) is 12.7. The molecule has 2 aliphatic heterocycles. The molecule has 1 atom stereocenters. The minimum Gasteiger partial charge on any atom is -0.381 e. The van der Waals surface area contributed by atoms with Crippen LogP contribution in [0, 0.1) is 0 Å². The Morgan fingerprint density at radius 2 is 2.19 bits per heavy atom. The van der Waals surface area contributed by atoms with Gasteiger partial charge in [0.1, 0.15) is 5.82 Å². The fraction of sp³-hybridized carbons (Fsp3) is 0.833. The summed E-state index contributed by atoms with van der Waals surface area (Å²) in [5, 5.41) is 11.6. The molecular formula is C18H32N6OS. The van der Waals surface area contributed by atoms with Crippen molar-refractivity contribution in [3.05, 3.63) is 11.6 Å². The number of rotatable bonds is 6. The second-order valence-corrected chi connectivity index (χ2v) is 8.33. The lowest BCUT2D eigenvalue weighted by molar-refractivity contribution is 0.0794. The monoisotopic (exact) mass is 380 g/mol. The van der Waals surface area contributed by atoms with Gasteiger partial charge in [0, 0.05) is 43.4 Å². The summed E-state index contributed by atoms with van der Waals surface area (Å²) in [6, 6.07) is 0.339. The number of ether oxygens (including phenoxy) is 1. The highest BCUT2D eigenvalue weighted by molar-refractivity contribution is 8.00. The summed E-state index contributed by atoms with van der Waals surface area (Å²) in [7, 11) is 0. The molecule has 7 nitrogen and oxygen atoms in total. The zero-order valence-corrected chi connectivity index (χ0v) is 17.1. The molecule has 0 amide bonds. The van der Waals surface area contributed by atoms with Gasteiger partial charge in [0.05, 0.1) is 13.1 Å². The van der Waals surface area contributed by atoms with Gasteiger partial charge in [-0.3, -0.25) is 4.99 Å². The smallest absolute Gasteiger partial charge is 0.191 e. The molecule has 3 heterocycles. The van der Waals surface area contributed by atoms with Crippen LogP contribution >= 0.6 is 11.8 Å². The van der Waals surface area contributed by atoms with E-state index in [0.717, 1.165) is 82.6 Å². The van der Waals surface area contributed by atoms with E-state index in [-0.39, 0.29) is 4.75 Å². The molecule has 0 radical (unpaired) electrons. The molecule has 0 aliphatic carbocycles. The van der Waals surface area contributed by atoms with Crippen molar-refractivity contribution in [2.45, 2.75) is 63.3 Å². The van der Waals surface area contributed by atoms with E-state index in [1.807, 2.05) is 11.8 Å². The van der Waals surface area contributed by atoms with Crippen molar-refractivity contribution in [3.8, 4) is 0 Å². The lowest BCUT2D eigenvalue weighted by Crippen LogP contribution is -2.48. The first-order valence-electron chi connectivity index (χ1n) is 9.78. The number of nitrogens with one attached hydrogen (secondary N) is 2. The molecule has 1 fully saturated rings. The van der Waals surface area contributed by atoms with Crippen molar-refractivity contribution in [2.24, 2.45) is 4.99 Å². The molecule has 146 valence electrons. The summed E-state index contributed by atoms with van der Waals surface area (Å²) in [5.41, 5.74) is 0. The molecule has 0 bridgehead atoms. The van der Waals surface area contributed by atoms with Gasteiger partial charge in [-0.2, -0.15) is 16.9 Å². The second-order valence-electron chi connectivity index (χ2n) is 7.05. The lowest BCUT2D eigenvalue weighted by Gasteiger charge is -2.34. The van der Waals surface area contributed by atoms with Crippen LogP contribution in [-0.2, 0) is 24.1 Å². The van der Waals surface area contributed by atoms with Crippen LogP contribution in [0.2, 0.25) is 0 Å². The van der Waals surface area contributed by atoms with Crippen molar-refractivity contribution in [1.29, 1.82) is 0 Å². The highest BCUT2D eigenvalue weighted by atomic mass is 32.2. The summed E-state index contributed by atoms with van der Waals surface area (Å²) >= 11 is 1.93. The standard InChI is InChI=1S/C18H32N6OS/c1-4-15-22-16-7-6-14(12-24(16)23-15)21-17(19-5-2)20-13-18(26-3)8-10-25-11-9-18/h14H,4-13H2,1-3H3,(H2,19,20,21). The predicted octanol–water partition coefficient (Wildman–Crippen LogP) is 1.62. The molecule has 1 aromatic rings. The topological polar surface area (TPSA) is 76.4 Å². The quantitative estimate of drug-likeness (QED) is 0.577. The predicted molar refractivity (Wildman–Crippen MR) is 107 cm³/mol. The summed E-state index contributed by atoms with van der Waals surface area (Å²) in [6.07, 6.45) is 7.26. The van der Waals surface area contributed by atoms with Gasteiger partial charge in [0.2, 0.25) is 0 Å². The third kappa shape index (κ3) is 4.71. The number of aromatic nitrogens is 3. The van der Waals surface area contributed by atoms with E-state index in [0.29, 0.717) is 6.04 Å². The van der Waals surface area contributed by atoms with E-state index in [9.17, 15) is 0 Å². The van der Waals surface area contributed by atoms with Crippen LogP contribution in [-0.4, -0.2) is 64.1 Å². The minimum absolute atomic E-state index is 0.211. The van der Waals surface area contributed by atoms with Crippen molar-refractivity contribution < 1.29 is 4.74 Å². The van der Waals surface area contributed by atoms with E-state index < -0.39 is 0 Å². The molecule has 0 spiro atoms. The third-order valence-electron chi connectivity index (χ3n) is 5.27. The fourth-order valence-electron chi connectivity index (χ4n) is 3.53. The number of guanidine groups is 1. The highest BCUT2D eigenvalue weighted by Crippen LogP contribution is 2.34. The molecule has 8 heteroatoms. The lowest BCUT2D eigenvalue weighted by atomic mass is 9.99. The molecule has 2 N–H and O–H groups in total. The maximum atomic E-state index is 5.54. The van der Waals surface area contributed by atoms with Crippen LogP contribution in [0.4, 0.5) is 0 Å². The number of nitrogens with zero attached hydrogens (tertiary/aromatic N) is 4. The maximum Gasteiger partial charge on any atom is 0.191 e. The van der Waals surface area contributed by atoms with Gasteiger partial charge in [0.15, 0.2) is 11.8 Å². The SMILES string of the molecule is CCNC(=NCC1(SC)CCOCC1)NC1CCc2nc(CC)nn2C1. The van der Waals surface area contributed by atoms with E-state index in [1.165, 1.54) is 0 Å². The summed E-state index contributed by atoms with van der Waals surface area (Å²) in [6.45, 7) is 8.45. The molecule has 0 saturated carbocycles. The highest BCUT2D eigenvalue weighted by Gasteiger charge is 2.32. The fourth-order valence-corrected chi connectivity index (χ4v) is 4.30. The van der Waals surface area contributed by atoms with Crippen molar-refractivity contribution in [3.63, 3.8) is 0 Å². The average Bonchev–Trinajstić information content (AvgIpc) is 3.09. The number of aliphatic imine (C=N–C) groups is 1. The first kappa shape index (κ1) is 19.5. The number of hydrogen-bond acceptors (Lipinski definition) is 5. The van der Waals surface area contributed by atoms with Crippen LogP contribution in [0.15, 0.2) is 4.99 Å². The largest absolute Gasteiger partial charge is 0.381 e. The van der Waals surface area contributed by atoms with Crippen molar-refractivity contribution in [1.82, 2.24) is 25.4 Å². The normalized spacial score (nSPS) is 22.7. The van der Waals surface area contributed by atoms with E-state index in [2.05, 4.69) is 45.5 Å². The Kier molecular flexibility index (Phi) is 6.80. The van der Waals surface area contributed by atoms with Crippen LogP contribution in [0.3, 0.4) is 0 Å². The minimum atomic E-state index is 0.211. The van der Waals surface area contributed by atoms with Crippen LogP contribution in [0.25, 0.3) is 0 Å². The molecular weight excluding hydrogens is 348 g/mol. The van der Waals surface area contributed by atoms with Gasteiger partial charge in [-0.1, -0.05) is 6.92 Å². The molecule has 26 heavy (non-hydrogen) atoms. The van der Waals surface area contributed by atoms with E-state index >= 15 is 0 Å². The third-order valence-corrected chi connectivity index (χ3v) is 6.67. The van der Waals surface area contributed by atoms with E-state index in [4.69, 9.17) is 9.73 Å². The van der Waals surface area contributed by atoms with Crippen molar-refractivity contribution >= 4 is 17.7 Å². The Labute approximate surface area is 160 Å². The summed E-state index contributed by atoms with van der Waals surface area (Å²) < 4.78 is 7.81. The Hall–Kier alpha value is -1.28. The Balaban J connectivity index is 1.62. The first-order valence-corrected chi connectivity index (χ1v) is 11.0. The van der Waals surface area contributed by atoms with Gasteiger partial charge in [-0.05, 0) is 32.4 Å². The number of thioether (sulfide) groups is 1. The molecule has 1 aromatic heterocycles. The van der Waals surface area contributed by atoms with E-state index in [1.54, 1.807) is 0 Å². The van der Waals surface area contributed by atoms with Gasteiger partial charge in [-0.15, -0.1) is 0 Å². The average molecular weight is 381 g/mol. The van der Waals surface area contributed by atoms with Gasteiger partial charge >= 0.3 is 0 Å². The maximum absolute atomic E-state index is 5.54. The zero-order valence-electron chi connectivity index (χ0n) is 16.3. The molecule has 3 rings (SSSR count). The number of aryl methyl sites for hydroxylation is 2. The zero-order chi connectivity index (χ0) is 18.4. The number of fused-ring (bicyclic) bond motifs is 1. The molecule has 1 unspecified atom stereocenters. The Bertz CT molecular complexity index is 611. The Morgan fingerprint density at radius 1 is 1.38 bits per heavy atom. The summed E-state index contributed by atoms with van der Waals surface area (Å²) in [5.74, 6) is 2.98. The molecule has 1 saturated heterocycles. The molecule has 2 aliphatic rings. The number of hydrogen-bond donors (Lipinski definition) is 2. The summed E-state index contributed by atoms with van der Waals surface area (Å²) in [4.78, 5) is 9.52. The van der Waals surface area contributed by atoms with Crippen LogP contribution < -0.4 is 10.6 Å². The van der Waals surface area contributed by atoms with Gasteiger partial charge < -0.3 is 15.4 Å². The molecule has 0 aromatic carbocycles. The van der Waals surface area contributed by atoms with Gasteiger partial charge in [0.25, 0.3) is 0 Å². The van der Waals surface area contributed by atoms with Crippen LogP contribution in [0.1, 0.15) is 44.8 Å². The van der Waals surface area contributed by atoms with Crippen LogP contribution in [0.5, 0.6) is 0 Å². The van der Waals surface area contributed by atoms with Crippen molar-refractivity contribution in [2.75, 3.05) is 32.6 Å². The second kappa shape index (κ2) is 9.08. The Morgan fingerprint density at radius 3 is 2.88 bits per heavy atom. The van der Waals surface area contributed by atoms with Gasteiger partial charge in [-0.25, -0.2) is 9.67 Å².